The van der Waals surface area contributed by atoms with E-state index in [0.717, 1.165) is 17.9 Å². The molecule has 0 aromatic heterocycles. The van der Waals surface area contributed by atoms with Crippen molar-refractivity contribution in [2.45, 2.75) is 174 Å². The second kappa shape index (κ2) is 21.5. The van der Waals surface area contributed by atoms with E-state index < -0.39 is 0 Å². The third-order valence-corrected chi connectivity index (χ3v) is 8.23. The average Bonchev–Trinajstić information content (AvgIpc) is 3.53. The third-order valence-electron chi connectivity index (χ3n) is 8.23. The SMILES string of the molecule is CCCCCCCCCCCCC1CC1CCCCC(CCCCCCCCC)N(C)C. The van der Waals surface area contributed by atoms with Crippen LogP contribution in [0.1, 0.15) is 168 Å². The number of hydrogen-bond acceptors (Lipinski definition) is 1. The minimum Gasteiger partial charge on any atom is -0.306 e. The molecule has 0 spiro atoms. The molecule has 1 fully saturated rings. The summed E-state index contributed by atoms with van der Waals surface area (Å²) in [5, 5.41) is 0. The maximum atomic E-state index is 2.50. The maximum Gasteiger partial charge on any atom is 0.00891 e. The second-order valence-corrected chi connectivity index (χ2v) is 11.5. The van der Waals surface area contributed by atoms with E-state index in [0.29, 0.717) is 0 Å². The Morgan fingerprint density at radius 2 is 0.844 bits per heavy atom. The lowest BCUT2D eigenvalue weighted by molar-refractivity contribution is 0.251. The molecule has 3 atom stereocenters. The Bertz CT molecular complexity index is 377. The first kappa shape index (κ1) is 30.0. The van der Waals surface area contributed by atoms with Gasteiger partial charge >= 0.3 is 0 Å². The van der Waals surface area contributed by atoms with Crippen molar-refractivity contribution >= 4 is 0 Å². The van der Waals surface area contributed by atoms with Gasteiger partial charge in [0.2, 0.25) is 0 Å². The minimum absolute atomic E-state index is 0.826. The molecular weight excluding hydrogens is 386 g/mol. The van der Waals surface area contributed by atoms with Crippen molar-refractivity contribution in [2.24, 2.45) is 11.8 Å². The molecule has 1 aliphatic rings. The first-order valence-electron chi connectivity index (χ1n) is 15.3. The van der Waals surface area contributed by atoms with Crippen molar-refractivity contribution in [3.63, 3.8) is 0 Å². The van der Waals surface area contributed by atoms with Crippen LogP contribution in [0.25, 0.3) is 0 Å². The molecule has 0 aromatic carbocycles. The highest BCUT2D eigenvalue weighted by molar-refractivity contribution is 4.85. The van der Waals surface area contributed by atoms with Crippen LogP contribution in [0, 0.1) is 11.8 Å². The zero-order chi connectivity index (χ0) is 23.3. The lowest BCUT2D eigenvalue weighted by atomic mass is 9.99. The summed E-state index contributed by atoms with van der Waals surface area (Å²) in [7, 11) is 4.60. The summed E-state index contributed by atoms with van der Waals surface area (Å²) in [5.41, 5.74) is 0. The van der Waals surface area contributed by atoms with Gasteiger partial charge in [0, 0.05) is 6.04 Å². The summed E-state index contributed by atoms with van der Waals surface area (Å²) in [5.74, 6) is 2.22. The van der Waals surface area contributed by atoms with Gasteiger partial charge in [-0.25, -0.2) is 0 Å². The molecule has 0 amide bonds. The fraction of sp³-hybridized carbons (Fsp3) is 1.00. The van der Waals surface area contributed by atoms with Gasteiger partial charge in [-0.15, -0.1) is 0 Å². The van der Waals surface area contributed by atoms with Crippen LogP contribution in [-0.4, -0.2) is 25.0 Å². The van der Waals surface area contributed by atoms with Crippen LogP contribution in [-0.2, 0) is 0 Å². The minimum atomic E-state index is 0.826. The Labute approximate surface area is 204 Å². The first-order valence-corrected chi connectivity index (χ1v) is 15.3. The predicted octanol–water partition coefficient (Wildman–Crippen LogP) is 10.6. The fourth-order valence-electron chi connectivity index (χ4n) is 5.70. The molecule has 0 radical (unpaired) electrons. The molecule has 0 heterocycles. The summed E-state index contributed by atoms with van der Waals surface area (Å²) < 4.78 is 0. The Hall–Kier alpha value is -0.0400. The normalized spacial score (nSPS) is 19.0. The molecule has 1 nitrogen and oxygen atoms in total. The van der Waals surface area contributed by atoms with Gasteiger partial charge < -0.3 is 4.90 Å². The molecule has 192 valence electrons. The first-order chi connectivity index (χ1) is 15.7. The smallest absolute Gasteiger partial charge is 0.00891 e. The maximum absolute atomic E-state index is 2.50. The zero-order valence-electron chi connectivity index (χ0n) is 23.1. The van der Waals surface area contributed by atoms with E-state index in [2.05, 4.69) is 32.8 Å². The van der Waals surface area contributed by atoms with Crippen LogP contribution >= 0.6 is 0 Å². The van der Waals surface area contributed by atoms with Gasteiger partial charge in [-0.2, -0.15) is 0 Å². The lowest BCUT2D eigenvalue weighted by Crippen LogP contribution is -2.27. The van der Waals surface area contributed by atoms with Crippen molar-refractivity contribution < 1.29 is 0 Å². The molecule has 1 rings (SSSR count). The van der Waals surface area contributed by atoms with E-state index in [-0.39, 0.29) is 0 Å². The molecule has 0 saturated heterocycles. The molecule has 1 aliphatic carbocycles. The quantitative estimate of drug-likeness (QED) is 0.125. The Balaban J connectivity index is 1.89. The average molecular weight is 450 g/mol. The van der Waals surface area contributed by atoms with E-state index in [9.17, 15) is 0 Å². The Morgan fingerprint density at radius 1 is 0.500 bits per heavy atom. The molecule has 3 unspecified atom stereocenters. The number of hydrogen-bond donors (Lipinski definition) is 0. The van der Waals surface area contributed by atoms with E-state index in [1.165, 1.54) is 141 Å². The van der Waals surface area contributed by atoms with Crippen molar-refractivity contribution in [1.29, 1.82) is 0 Å². The molecule has 0 aromatic rings. The molecular formula is C31H63N. The molecule has 32 heavy (non-hydrogen) atoms. The standard InChI is InChI=1S/C31H63N/c1-5-7-9-11-13-14-15-17-18-20-24-29-28-30(29)25-22-23-27-31(32(3)4)26-21-19-16-12-10-8-6-2/h29-31H,5-28H2,1-4H3. The monoisotopic (exact) mass is 449 g/mol. The number of unbranched alkanes of at least 4 members (excludes halogenated alkanes) is 16. The van der Waals surface area contributed by atoms with Gasteiger partial charge in [0.25, 0.3) is 0 Å². The van der Waals surface area contributed by atoms with E-state index in [4.69, 9.17) is 0 Å². The van der Waals surface area contributed by atoms with E-state index >= 15 is 0 Å². The van der Waals surface area contributed by atoms with Crippen molar-refractivity contribution in [1.82, 2.24) is 4.90 Å². The van der Waals surface area contributed by atoms with Gasteiger partial charge in [-0.1, -0.05) is 149 Å². The predicted molar refractivity (Wildman–Crippen MR) is 147 cm³/mol. The summed E-state index contributed by atoms with van der Waals surface area (Å²) in [6.45, 7) is 4.62. The van der Waals surface area contributed by atoms with Crippen molar-refractivity contribution in [2.75, 3.05) is 14.1 Å². The zero-order valence-corrected chi connectivity index (χ0v) is 23.1. The Morgan fingerprint density at radius 3 is 1.28 bits per heavy atom. The van der Waals surface area contributed by atoms with Crippen LogP contribution in [0.2, 0.25) is 0 Å². The number of rotatable bonds is 25. The van der Waals surface area contributed by atoms with Crippen LogP contribution in [0.5, 0.6) is 0 Å². The fourth-order valence-corrected chi connectivity index (χ4v) is 5.70. The van der Waals surface area contributed by atoms with E-state index in [1.54, 1.807) is 12.8 Å². The highest BCUT2D eigenvalue weighted by Crippen LogP contribution is 2.45. The lowest BCUT2D eigenvalue weighted by Gasteiger charge is -2.24. The molecule has 0 bridgehead atoms. The van der Waals surface area contributed by atoms with Gasteiger partial charge in [0.05, 0.1) is 0 Å². The van der Waals surface area contributed by atoms with Gasteiger partial charge in [-0.05, 0) is 45.2 Å². The molecule has 1 heteroatoms. The molecule has 1 saturated carbocycles. The summed E-state index contributed by atoms with van der Waals surface area (Å²) in [6, 6.07) is 0.826. The topological polar surface area (TPSA) is 3.24 Å². The number of nitrogens with zero attached hydrogens (tertiary/aromatic N) is 1. The van der Waals surface area contributed by atoms with Crippen LogP contribution in [0.15, 0.2) is 0 Å². The van der Waals surface area contributed by atoms with Gasteiger partial charge in [0.15, 0.2) is 0 Å². The molecule has 0 N–H and O–H groups in total. The third kappa shape index (κ3) is 17.4. The highest BCUT2D eigenvalue weighted by Gasteiger charge is 2.35. The van der Waals surface area contributed by atoms with Crippen LogP contribution in [0.4, 0.5) is 0 Å². The van der Waals surface area contributed by atoms with Crippen molar-refractivity contribution in [3.8, 4) is 0 Å². The second-order valence-electron chi connectivity index (χ2n) is 11.5. The van der Waals surface area contributed by atoms with Crippen molar-refractivity contribution in [3.05, 3.63) is 0 Å². The summed E-state index contributed by atoms with van der Waals surface area (Å²) >= 11 is 0. The largest absolute Gasteiger partial charge is 0.306 e. The van der Waals surface area contributed by atoms with Gasteiger partial charge in [0.1, 0.15) is 0 Å². The van der Waals surface area contributed by atoms with Crippen LogP contribution in [0.3, 0.4) is 0 Å². The highest BCUT2D eigenvalue weighted by atomic mass is 15.1. The van der Waals surface area contributed by atoms with Gasteiger partial charge in [-0.3, -0.25) is 0 Å². The summed E-state index contributed by atoms with van der Waals surface area (Å²) in [6.07, 6.45) is 35.2. The summed E-state index contributed by atoms with van der Waals surface area (Å²) in [4.78, 5) is 2.50. The Kier molecular flexibility index (Phi) is 20.1. The van der Waals surface area contributed by atoms with Crippen LogP contribution < -0.4 is 0 Å². The van der Waals surface area contributed by atoms with E-state index in [1.807, 2.05) is 0 Å². The molecule has 0 aliphatic heterocycles.